The number of ether oxygens (including phenoxy) is 1. The SMILES string of the molecule is COc1ccc(NC(=O)Cn2cc([N+](=O)[O-])ccc2=O)cc1S(=O)(=O)N1CCCCC1. The Morgan fingerprint density at radius 2 is 1.90 bits per heavy atom. The molecule has 166 valence electrons. The number of hydrogen-bond donors (Lipinski definition) is 1. The fraction of sp³-hybridized carbons (Fsp3) is 0.368. The van der Waals surface area contributed by atoms with E-state index >= 15 is 0 Å². The first-order valence-corrected chi connectivity index (χ1v) is 11.0. The molecule has 0 bridgehead atoms. The molecule has 1 fully saturated rings. The van der Waals surface area contributed by atoms with Crippen molar-refractivity contribution in [3.8, 4) is 5.75 Å². The normalized spacial score (nSPS) is 14.7. The van der Waals surface area contributed by atoms with Crippen molar-refractivity contribution in [1.29, 1.82) is 0 Å². The molecule has 0 radical (unpaired) electrons. The summed E-state index contributed by atoms with van der Waals surface area (Å²) >= 11 is 0. The Kier molecular flexibility index (Phi) is 6.71. The number of aromatic nitrogens is 1. The predicted octanol–water partition coefficient (Wildman–Crippen LogP) is 1.58. The number of nitrogens with zero attached hydrogens (tertiary/aromatic N) is 3. The second-order valence-electron chi connectivity index (χ2n) is 6.99. The third-order valence-corrected chi connectivity index (χ3v) is 6.79. The Labute approximate surface area is 178 Å². The van der Waals surface area contributed by atoms with Gasteiger partial charge in [0.1, 0.15) is 17.2 Å². The van der Waals surface area contributed by atoms with Crippen LogP contribution >= 0.6 is 0 Å². The van der Waals surface area contributed by atoms with Gasteiger partial charge in [0, 0.05) is 30.9 Å². The summed E-state index contributed by atoms with van der Waals surface area (Å²) in [7, 11) is -2.46. The molecular formula is C19H22N4O7S. The van der Waals surface area contributed by atoms with Crippen LogP contribution in [0, 0.1) is 10.1 Å². The number of nitro groups is 1. The topological polar surface area (TPSA) is 141 Å². The molecule has 2 heterocycles. The first-order chi connectivity index (χ1) is 14.7. The van der Waals surface area contributed by atoms with Crippen molar-refractivity contribution in [1.82, 2.24) is 8.87 Å². The molecule has 3 rings (SSSR count). The second kappa shape index (κ2) is 9.27. The van der Waals surface area contributed by atoms with Crippen molar-refractivity contribution in [3.63, 3.8) is 0 Å². The van der Waals surface area contributed by atoms with Gasteiger partial charge in [-0.1, -0.05) is 6.42 Å². The molecule has 0 unspecified atom stereocenters. The number of piperidine rings is 1. The van der Waals surface area contributed by atoms with Gasteiger partial charge in [-0.25, -0.2) is 8.42 Å². The minimum absolute atomic E-state index is 0.0674. The van der Waals surface area contributed by atoms with E-state index < -0.39 is 33.0 Å². The highest BCUT2D eigenvalue weighted by Crippen LogP contribution is 2.31. The van der Waals surface area contributed by atoms with Crippen molar-refractivity contribution in [2.75, 3.05) is 25.5 Å². The third-order valence-electron chi connectivity index (χ3n) is 4.87. The van der Waals surface area contributed by atoms with Gasteiger partial charge in [0.05, 0.1) is 18.2 Å². The number of sulfonamides is 1. The number of carbonyl (C=O) groups is 1. The van der Waals surface area contributed by atoms with Crippen LogP contribution in [0.1, 0.15) is 19.3 Å². The molecule has 1 amide bonds. The van der Waals surface area contributed by atoms with Crippen LogP contribution in [0.4, 0.5) is 11.4 Å². The molecule has 0 atom stereocenters. The van der Waals surface area contributed by atoms with Crippen LogP contribution < -0.4 is 15.6 Å². The molecular weight excluding hydrogens is 428 g/mol. The molecule has 1 aromatic heterocycles. The number of anilines is 1. The lowest BCUT2D eigenvalue weighted by molar-refractivity contribution is -0.385. The fourth-order valence-corrected chi connectivity index (χ4v) is 5.00. The minimum Gasteiger partial charge on any atom is -0.495 e. The van der Waals surface area contributed by atoms with Crippen molar-refractivity contribution in [2.45, 2.75) is 30.7 Å². The highest BCUT2D eigenvalue weighted by molar-refractivity contribution is 7.89. The summed E-state index contributed by atoms with van der Waals surface area (Å²) in [5.74, 6) is -0.493. The number of pyridine rings is 1. The summed E-state index contributed by atoms with van der Waals surface area (Å²) in [6.45, 7) is 0.357. The van der Waals surface area contributed by atoms with Gasteiger partial charge in [-0.15, -0.1) is 0 Å². The largest absolute Gasteiger partial charge is 0.495 e. The van der Waals surface area contributed by atoms with Crippen molar-refractivity contribution in [2.24, 2.45) is 0 Å². The van der Waals surface area contributed by atoms with Crippen LogP contribution in [-0.2, 0) is 21.4 Å². The smallest absolute Gasteiger partial charge is 0.285 e. The van der Waals surface area contributed by atoms with Crippen molar-refractivity contribution >= 4 is 27.3 Å². The monoisotopic (exact) mass is 450 g/mol. The van der Waals surface area contributed by atoms with Gasteiger partial charge in [-0.3, -0.25) is 24.3 Å². The Morgan fingerprint density at radius 3 is 2.55 bits per heavy atom. The van der Waals surface area contributed by atoms with Gasteiger partial charge in [-0.2, -0.15) is 4.31 Å². The van der Waals surface area contributed by atoms with Gasteiger partial charge >= 0.3 is 0 Å². The maximum absolute atomic E-state index is 13.1. The number of rotatable bonds is 7. The lowest BCUT2D eigenvalue weighted by Crippen LogP contribution is -2.35. The van der Waals surface area contributed by atoms with E-state index in [2.05, 4.69) is 5.32 Å². The maximum atomic E-state index is 13.1. The number of amides is 1. The Morgan fingerprint density at radius 1 is 1.19 bits per heavy atom. The summed E-state index contributed by atoms with van der Waals surface area (Å²) in [6.07, 6.45) is 3.49. The highest BCUT2D eigenvalue weighted by Gasteiger charge is 2.29. The van der Waals surface area contributed by atoms with E-state index in [1.54, 1.807) is 0 Å². The van der Waals surface area contributed by atoms with Crippen molar-refractivity contribution in [3.05, 3.63) is 57.0 Å². The van der Waals surface area contributed by atoms with E-state index in [4.69, 9.17) is 4.74 Å². The van der Waals surface area contributed by atoms with E-state index in [-0.39, 0.29) is 22.0 Å². The van der Waals surface area contributed by atoms with Gasteiger partial charge in [0.25, 0.3) is 11.2 Å². The van der Waals surface area contributed by atoms with Gasteiger partial charge in [0.2, 0.25) is 15.9 Å². The van der Waals surface area contributed by atoms with E-state index in [1.165, 1.54) is 29.6 Å². The molecule has 1 aliphatic heterocycles. The molecule has 0 spiro atoms. The van der Waals surface area contributed by atoms with Crippen LogP contribution in [0.25, 0.3) is 0 Å². The van der Waals surface area contributed by atoms with Crippen LogP contribution in [0.15, 0.2) is 46.2 Å². The van der Waals surface area contributed by atoms with Crippen LogP contribution in [0.5, 0.6) is 5.75 Å². The molecule has 1 aliphatic rings. The quantitative estimate of drug-likeness (QED) is 0.499. The second-order valence-corrected chi connectivity index (χ2v) is 8.90. The van der Waals surface area contributed by atoms with Crippen LogP contribution in [0.3, 0.4) is 0 Å². The summed E-state index contributed by atoms with van der Waals surface area (Å²) in [4.78, 5) is 34.4. The standard InChI is InChI=1S/C19H22N4O7S/c1-30-16-7-5-14(11-17(16)31(28,29)22-9-3-2-4-10-22)20-18(24)13-21-12-15(23(26)27)6-8-19(21)25/h5-8,11-12H,2-4,9-10,13H2,1H3,(H,20,24). The molecule has 11 nitrogen and oxygen atoms in total. The van der Waals surface area contributed by atoms with Gasteiger partial charge < -0.3 is 10.1 Å². The first-order valence-electron chi connectivity index (χ1n) is 9.55. The molecule has 31 heavy (non-hydrogen) atoms. The molecule has 0 aliphatic carbocycles. The Bertz CT molecular complexity index is 1150. The van der Waals surface area contributed by atoms with E-state index in [9.17, 15) is 28.1 Å². The zero-order valence-corrected chi connectivity index (χ0v) is 17.6. The van der Waals surface area contributed by atoms with Gasteiger partial charge in [-0.05, 0) is 31.0 Å². The molecule has 12 heteroatoms. The molecule has 2 aromatic rings. The molecule has 1 N–H and O–H groups in total. The zero-order chi connectivity index (χ0) is 22.6. The number of carbonyl (C=O) groups excluding carboxylic acids is 1. The number of benzene rings is 1. The summed E-state index contributed by atoms with van der Waals surface area (Å²) < 4.78 is 33.6. The number of hydrogen-bond acceptors (Lipinski definition) is 7. The molecule has 0 saturated carbocycles. The highest BCUT2D eigenvalue weighted by atomic mass is 32.2. The predicted molar refractivity (Wildman–Crippen MR) is 112 cm³/mol. The number of nitrogens with one attached hydrogen (secondary N) is 1. The maximum Gasteiger partial charge on any atom is 0.285 e. The van der Waals surface area contributed by atoms with Crippen molar-refractivity contribution < 1.29 is 22.9 Å². The minimum atomic E-state index is -3.82. The van der Waals surface area contributed by atoms with E-state index in [1.807, 2.05) is 0 Å². The fourth-order valence-electron chi connectivity index (χ4n) is 3.31. The average Bonchev–Trinajstić information content (AvgIpc) is 2.75. The van der Waals surface area contributed by atoms with E-state index in [0.29, 0.717) is 13.1 Å². The third kappa shape index (κ3) is 5.09. The average molecular weight is 450 g/mol. The van der Waals surface area contributed by atoms with Gasteiger partial charge in [0.15, 0.2) is 0 Å². The summed E-state index contributed by atoms with van der Waals surface area (Å²) in [5.41, 5.74) is -0.713. The van der Waals surface area contributed by atoms with Crippen LogP contribution in [0.2, 0.25) is 0 Å². The lowest BCUT2D eigenvalue weighted by atomic mass is 10.2. The Hall–Kier alpha value is -3.25. The molecule has 1 saturated heterocycles. The Balaban J connectivity index is 1.83. The van der Waals surface area contributed by atoms with E-state index in [0.717, 1.165) is 42.2 Å². The zero-order valence-electron chi connectivity index (χ0n) is 16.8. The molecule has 1 aromatic carbocycles. The summed E-state index contributed by atoms with van der Waals surface area (Å²) in [6, 6.07) is 6.27. The summed E-state index contributed by atoms with van der Waals surface area (Å²) in [5, 5.41) is 13.4. The number of methoxy groups -OCH3 is 1. The van der Waals surface area contributed by atoms with Crippen LogP contribution in [-0.4, -0.2) is 48.3 Å². The lowest BCUT2D eigenvalue weighted by Gasteiger charge is -2.26. The first kappa shape index (κ1) is 22.4.